The Morgan fingerprint density at radius 2 is 1.65 bits per heavy atom. The van der Waals surface area contributed by atoms with Gasteiger partial charge in [-0.05, 0) is 54.8 Å². The van der Waals surface area contributed by atoms with E-state index in [2.05, 4.69) is 22.0 Å². The molecule has 31 heavy (non-hydrogen) atoms. The summed E-state index contributed by atoms with van der Waals surface area (Å²) in [6, 6.07) is 14.0. The number of rotatable bonds is 8. The minimum Gasteiger partial charge on any atom is -0.491 e. The molecule has 7 heteroatoms. The standard InChI is InChI=1S/C24H28FN3O3/c1-27-15-12-26-23(27)17-30-21-6-2-19(3-7-21)16-28-13-10-24(29,11-14-28)18-31-22-8-4-20(25)5-9-22/h2-9,12,15,29H,10-11,13-14,16-18H2,1H3. The van der Waals surface area contributed by atoms with Gasteiger partial charge >= 0.3 is 0 Å². The van der Waals surface area contributed by atoms with Crippen LogP contribution in [0.2, 0.25) is 0 Å². The molecule has 0 amide bonds. The Morgan fingerprint density at radius 3 is 2.29 bits per heavy atom. The third-order valence-corrected chi connectivity index (χ3v) is 5.73. The largest absolute Gasteiger partial charge is 0.491 e. The SMILES string of the molecule is Cn1ccnc1COc1ccc(CN2CCC(O)(COc3ccc(F)cc3)CC2)cc1. The van der Waals surface area contributed by atoms with Gasteiger partial charge in [-0.15, -0.1) is 0 Å². The van der Waals surface area contributed by atoms with Crippen molar-refractivity contribution in [2.24, 2.45) is 7.05 Å². The smallest absolute Gasteiger partial charge is 0.146 e. The summed E-state index contributed by atoms with van der Waals surface area (Å²) >= 11 is 0. The number of hydrogen-bond acceptors (Lipinski definition) is 5. The average molecular weight is 426 g/mol. The number of ether oxygens (including phenoxy) is 2. The van der Waals surface area contributed by atoms with Crippen LogP contribution in [0.5, 0.6) is 11.5 Å². The molecule has 164 valence electrons. The monoisotopic (exact) mass is 425 g/mol. The van der Waals surface area contributed by atoms with Gasteiger partial charge in [0, 0.05) is 39.1 Å². The van der Waals surface area contributed by atoms with E-state index in [9.17, 15) is 9.50 Å². The van der Waals surface area contributed by atoms with Crippen LogP contribution in [0.4, 0.5) is 4.39 Å². The van der Waals surface area contributed by atoms with Gasteiger partial charge in [0.05, 0.1) is 0 Å². The molecule has 6 nitrogen and oxygen atoms in total. The molecule has 1 saturated heterocycles. The van der Waals surface area contributed by atoms with E-state index >= 15 is 0 Å². The van der Waals surface area contributed by atoms with Gasteiger partial charge in [-0.3, -0.25) is 4.90 Å². The molecule has 4 rings (SSSR count). The second kappa shape index (κ2) is 9.49. The summed E-state index contributed by atoms with van der Waals surface area (Å²) in [5.41, 5.74) is 0.352. The van der Waals surface area contributed by atoms with Crippen LogP contribution < -0.4 is 9.47 Å². The van der Waals surface area contributed by atoms with Crippen LogP contribution in [0.15, 0.2) is 60.9 Å². The molecule has 1 aliphatic rings. The maximum absolute atomic E-state index is 13.0. The third-order valence-electron chi connectivity index (χ3n) is 5.73. The topological polar surface area (TPSA) is 59.8 Å². The number of piperidine rings is 1. The molecular weight excluding hydrogens is 397 g/mol. The lowest BCUT2D eigenvalue weighted by Gasteiger charge is -2.38. The Labute approximate surface area is 181 Å². The van der Waals surface area contributed by atoms with Crippen LogP contribution in [0.3, 0.4) is 0 Å². The molecule has 0 aliphatic carbocycles. The number of hydrogen-bond donors (Lipinski definition) is 1. The zero-order chi connectivity index (χ0) is 21.7. The number of imidazole rings is 1. The molecule has 0 spiro atoms. The molecule has 2 heterocycles. The van der Waals surface area contributed by atoms with E-state index in [4.69, 9.17) is 9.47 Å². The van der Waals surface area contributed by atoms with Crippen LogP contribution in [0.25, 0.3) is 0 Å². The van der Waals surface area contributed by atoms with Crippen molar-refractivity contribution in [3.63, 3.8) is 0 Å². The third kappa shape index (κ3) is 5.83. The molecule has 1 aromatic heterocycles. The quantitative estimate of drug-likeness (QED) is 0.598. The number of halogens is 1. The first kappa shape index (κ1) is 21.3. The van der Waals surface area contributed by atoms with E-state index in [1.165, 1.54) is 17.7 Å². The number of nitrogens with zero attached hydrogens (tertiary/aromatic N) is 3. The van der Waals surface area contributed by atoms with Gasteiger partial charge in [0.2, 0.25) is 0 Å². The summed E-state index contributed by atoms with van der Waals surface area (Å²) < 4.78 is 26.4. The summed E-state index contributed by atoms with van der Waals surface area (Å²) in [5.74, 6) is 1.97. The molecular formula is C24H28FN3O3. The van der Waals surface area contributed by atoms with Crippen molar-refractivity contribution in [1.82, 2.24) is 14.5 Å². The number of benzene rings is 2. The Hall–Kier alpha value is -2.90. The van der Waals surface area contributed by atoms with Crippen LogP contribution in [0, 0.1) is 5.82 Å². The summed E-state index contributed by atoms with van der Waals surface area (Å²) in [7, 11) is 1.95. The highest BCUT2D eigenvalue weighted by molar-refractivity contribution is 5.27. The lowest BCUT2D eigenvalue weighted by atomic mass is 9.92. The number of aryl methyl sites for hydroxylation is 1. The number of aromatic nitrogens is 2. The molecule has 0 unspecified atom stereocenters. The maximum atomic E-state index is 13.0. The lowest BCUT2D eigenvalue weighted by molar-refractivity contribution is -0.0537. The highest BCUT2D eigenvalue weighted by Gasteiger charge is 2.33. The van der Waals surface area contributed by atoms with Crippen molar-refractivity contribution < 1.29 is 19.0 Å². The van der Waals surface area contributed by atoms with Crippen LogP contribution in [-0.4, -0.2) is 44.9 Å². The van der Waals surface area contributed by atoms with Crippen molar-refractivity contribution in [3.05, 3.63) is 78.1 Å². The fraction of sp³-hybridized carbons (Fsp3) is 0.375. The molecule has 0 bridgehead atoms. The van der Waals surface area contributed by atoms with Gasteiger partial charge in [0.25, 0.3) is 0 Å². The normalized spacial score (nSPS) is 16.2. The van der Waals surface area contributed by atoms with Gasteiger partial charge in [-0.1, -0.05) is 12.1 Å². The van der Waals surface area contributed by atoms with Crippen molar-refractivity contribution in [2.75, 3.05) is 19.7 Å². The summed E-state index contributed by atoms with van der Waals surface area (Å²) in [6.07, 6.45) is 4.94. The first-order chi connectivity index (χ1) is 15.0. The van der Waals surface area contributed by atoms with E-state index in [1.807, 2.05) is 29.9 Å². The van der Waals surface area contributed by atoms with Crippen molar-refractivity contribution in [1.29, 1.82) is 0 Å². The predicted molar refractivity (Wildman–Crippen MR) is 115 cm³/mol. The highest BCUT2D eigenvalue weighted by Crippen LogP contribution is 2.25. The first-order valence-corrected chi connectivity index (χ1v) is 10.5. The van der Waals surface area contributed by atoms with Gasteiger partial charge in [0.1, 0.15) is 42.0 Å². The van der Waals surface area contributed by atoms with Crippen LogP contribution in [-0.2, 0) is 20.2 Å². The molecule has 0 radical (unpaired) electrons. The van der Waals surface area contributed by atoms with Crippen LogP contribution >= 0.6 is 0 Å². The zero-order valence-corrected chi connectivity index (χ0v) is 17.7. The Kier molecular flexibility index (Phi) is 6.53. The Balaban J connectivity index is 1.22. The zero-order valence-electron chi connectivity index (χ0n) is 17.7. The van der Waals surface area contributed by atoms with E-state index in [0.29, 0.717) is 25.2 Å². The van der Waals surface area contributed by atoms with Gasteiger partial charge < -0.3 is 19.1 Å². The summed E-state index contributed by atoms with van der Waals surface area (Å²) in [6.45, 7) is 3.07. The second-order valence-corrected chi connectivity index (χ2v) is 8.13. The van der Waals surface area contributed by atoms with E-state index in [-0.39, 0.29) is 12.4 Å². The van der Waals surface area contributed by atoms with Gasteiger partial charge in [-0.25, -0.2) is 9.37 Å². The first-order valence-electron chi connectivity index (χ1n) is 10.5. The van der Waals surface area contributed by atoms with E-state index in [1.54, 1.807) is 18.3 Å². The Bertz CT molecular complexity index is 964. The van der Waals surface area contributed by atoms with Gasteiger partial charge in [-0.2, -0.15) is 0 Å². The summed E-state index contributed by atoms with van der Waals surface area (Å²) in [5, 5.41) is 10.8. The molecule has 1 aliphatic heterocycles. The van der Waals surface area contributed by atoms with E-state index < -0.39 is 5.60 Å². The average Bonchev–Trinajstić information content (AvgIpc) is 3.19. The molecule has 2 aromatic carbocycles. The molecule has 1 N–H and O–H groups in total. The van der Waals surface area contributed by atoms with Crippen molar-refractivity contribution in [3.8, 4) is 11.5 Å². The second-order valence-electron chi connectivity index (χ2n) is 8.13. The molecule has 0 saturated carbocycles. The fourth-order valence-corrected chi connectivity index (χ4v) is 3.65. The van der Waals surface area contributed by atoms with Crippen LogP contribution in [0.1, 0.15) is 24.2 Å². The van der Waals surface area contributed by atoms with E-state index in [0.717, 1.165) is 31.2 Å². The minimum atomic E-state index is -0.854. The minimum absolute atomic E-state index is 0.217. The van der Waals surface area contributed by atoms with Crippen molar-refractivity contribution >= 4 is 0 Å². The predicted octanol–water partition coefficient (Wildman–Crippen LogP) is 3.54. The fourth-order valence-electron chi connectivity index (χ4n) is 3.65. The maximum Gasteiger partial charge on any atom is 0.146 e. The Morgan fingerprint density at radius 1 is 1.00 bits per heavy atom. The van der Waals surface area contributed by atoms with Gasteiger partial charge in [0.15, 0.2) is 0 Å². The molecule has 0 atom stereocenters. The lowest BCUT2D eigenvalue weighted by Crippen LogP contribution is -2.47. The molecule has 1 fully saturated rings. The summed E-state index contributed by atoms with van der Waals surface area (Å²) in [4.78, 5) is 6.59. The highest BCUT2D eigenvalue weighted by atomic mass is 19.1. The number of likely N-dealkylation sites (tertiary alicyclic amines) is 1. The molecule has 3 aromatic rings. The van der Waals surface area contributed by atoms with Crippen molar-refractivity contribution in [2.45, 2.75) is 31.6 Å². The number of aliphatic hydroxyl groups is 1.